The van der Waals surface area contributed by atoms with Crippen molar-refractivity contribution in [2.45, 2.75) is 13.2 Å². The molecule has 8 heteroatoms. The smallest absolute Gasteiger partial charge is 0.342 e. The monoisotopic (exact) mass is 329 g/mol. The van der Waals surface area contributed by atoms with E-state index in [0.717, 1.165) is 11.3 Å². The quantitative estimate of drug-likeness (QED) is 0.653. The summed E-state index contributed by atoms with van der Waals surface area (Å²) < 4.78 is 0. The third kappa shape index (κ3) is 2.52. The lowest BCUT2D eigenvalue weighted by Crippen LogP contribution is -2.34. The molecule has 124 valence electrons. The molecular weight excluding hydrogens is 314 g/mol. The van der Waals surface area contributed by atoms with E-state index in [9.17, 15) is 20.0 Å². The summed E-state index contributed by atoms with van der Waals surface area (Å²) in [7, 11) is 1.77. The number of nitrogens with zero attached hydrogens (tertiary/aromatic N) is 3. The first-order valence-corrected chi connectivity index (χ1v) is 7.18. The number of nitro groups is 1. The van der Waals surface area contributed by atoms with Gasteiger partial charge in [0.2, 0.25) is 0 Å². The van der Waals surface area contributed by atoms with Crippen molar-refractivity contribution in [1.29, 1.82) is 0 Å². The third-order valence-electron chi connectivity index (χ3n) is 4.07. The van der Waals surface area contributed by atoms with Crippen molar-refractivity contribution in [2.75, 3.05) is 17.1 Å². The molecule has 0 atom stereocenters. The van der Waals surface area contributed by atoms with E-state index in [2.05, 4.69) is 0 Å². The molecule has 3 rings (SSSR count). The Bertz CT molecular complexity index is 819. The van der Waals surface area contributed by atoms with Crippen LogP contribution >= 0.6 is 0 Å². The highest BCUT2D eigenvalue weighted by atomic mass is 16.6. The van der Waals surface area contributed by atoms with Gasteiger partial charge in [-0.05, 0) is 23.8 Å². The Morgan fingerprint density at radius 3 is 2.50 bits per heavy atom. The number of carboxylic acids is 1. The van der Waals surface area contributed by atoms with Crippen LogP contribution < -0.4 is 10.0 Å². The number of rotatable bonds is 4. The SMILES string of the molecule is CN1c2cc(C(=O)O)c([N+](=O)[O-])cc2CN1c1ccc(CO)cc1. The number of carboxylic acid groups (broad SMARTS) is 1. The molecule has 1 aliphatic heterocycles. The fraction of sp³-hybridized carbons (Fsp3) is 0.188. The zero-order valence-electron chi connectivity index (χ0n) is 12.8. The number of hydrogen-bond donors (Lipinski definition) is 2. The lowest BCUT2D eigenvalue weighted by molar-refractivity contribution is -0.385. The van der Waals surface area contributed by atoms with E-state index in [1.54, 1.807) is 24.2 Å². The number of benzene rings is 2. The normalized spacial score (nSPS) is 13.1. The molecule has 0 saturated carbocycles. The van der Waals surface area contributed by atoms with E-state index >= 15 is 0 Å². The van der Waals surface area contributed by atoms with Gasteiger partial charge in [0, 0.05) is 18.7 Å². The molecular formula is C16H15N3O5. The summed E-state index contributed by atoms with van der Waals surface area (Å²) in [5.41, 5.74) is 2.17. The summed E-state index contributed by atoms with van der Waals surface area (Å²) in [6.07, 6.45) is 0. The van der Waals surface area contributed by atoms with E-state index in [1.807, 2.05) is 17.1 Å². The van der Waals surface area contributed by atoms with Gasteiger partial charge in [0.25, 0.3) is 5.69 Å². The summed E-state index contributed by atoms with van der Waals surface area (Å²) in [6, 6.07) is 9.89. The van der Waals surface area contributed by atoms with E-state index in [1.165, 1.54) is 12.1 Å². The van der Waals surface area contributed by atoms with Crippen LogP contribution in [-0.4, -0.2) is 28.2 Å². The number of aliphatic hydroxyl groups excluding tert-OH is 1. The zero-order valence-corrected chi connectivity index (χ0v) is 12.8. The minimum absolute atomic E-state index is 0.0511. The average molecular weight is 329 g/mol. The third-order valence-corrected chi connectivity index (χ3v) is 4.07. The first-order chi connectivity index (χ1) is 11.4. The predicted octanol–water partition coefficient (Wildman–Crippen LogP) is 2.16. The molecule has 0 fully saturated rings. The molecule has 0 spiro atoms. The molecule has 0 saturated heterocycles. The second-order valence-electron chi connectivity index (χ2n) is 5.47. The lowest BCUT2D eigenvalue weighted by Gasteiger charge is -2.28. The van der Waals surface area contributed by atoms with Gasteiger partial charge in [0.1, 0.15) is 5.56 Å². The lowest BCUT2D eigenvalue weighted by atomic mass is 10.1. The Balaban J connectivity index is 2.01. The summed E-state index contributed by atoms with van der Waals surface area (Å²) in [5.74, 6) is -1.33. The Kier molecular flexibility index (Phi) is 3.82. The van der Waals surface area contributed by atoms with Crippen LogP contribution in [0.4, 0.5) is 17.1 Å². The number of aliphatic hydroxyl groups is 1. The Morgan fingerprint density at radius 2 is 1.96 bits per heavy atom. The van der Waals surface area contributed by atoms with E-state index in [4.69, 9.17) is 5.11 Å². The topological polar surface area (TPSA) is 107 Å². The summed E-state index contributed by atoms with van der Waals surface area (Å²) in [6.45, 7) is 0.343. The molecule has 2 aromatic carbocycles. The summed E-state index contributed by atoms with van der Waals surface area (Å²) in [4.78, 5) is 21.7. The second-order valence-corrected chi connectivity index (χ2v) is 5.47. The Morgan fingerprint density at radius 1 is 1.29 bits per heavy atom. The van der Waals surface area contributed by atoms with Gasteiger partial charge in [0.15, 0.2) is 0 Å². The predicted molar refractivity (Wildman–Crippen MR) is 87.0 cm³/mol. The number of hydrogen-bond acceptors (Lipinski definition) is 6. The molecule has 0 bridgehead atoms. The van der Waals surface area contributed by atoms with E-state index < -0.39 is 16.6 Å². The molecule has 0 aromatic heterocycles. The maximum atomic E-state index is 11.3. The highest BCUT2D eigenvalue weighted by Gasteiger charge is 2.31. The Hall–Kier alpha value is -3.13. The van der Waals surface area contributed by atoms with Gasteiger partial charge in [0.05, 0.1) is 29.4 Å². The molecule has 2 aromatic rings. The molecule has 2 N–H and O–H groups in total. The van der Waals surface area contributed by atoms with Crippen molar-refractivity contribution < 1.29 is 19.9 Å². The van der Waals surface area contributed by atoms with Crippen molar-refractivity contribution in [3.63, 3.8) is 0 Å². The van der Waals surface area contributed by atoms with Crippen molar-refractivity contribution in [1.82, 2.24) is 0 Å². The minimum atomic E-state index is -1.33. The van der Waals surface area contributed by atoms with Crippen molar-refractivity contribution in [3.05, 3.63) is 63.2 Å². The highest BCUT2D eigenvalue weighted by Crippen LogP contribution is 2.37. The fourth-order valence-corrected chi connectivity index (χ4v) is 2.81. The van der Waals surface area contributed by atoms with Gasteiger partial charge in [-0.15, -0.1) is 0 Å². The molecule has 24 heavy (non-hydrogen) atoms. The minimum Gasteiger partial charge on any atom is -0.477 e. The van der Waals surface area contributed by atoms with Crippen LogP contribution in [0.3, 0.4) is 0 Å². The van der Waals surface area contributed by atoms with Gasteiger partial charge < -0.3 is 10.2 Å². The fourth-order valence-electron chi connectivity index (χ4n) is 2.81. The molecule has 1 aliphatic rings. The molecule has 1 heterocycles. The first-order valence-electron chi connectivity index (χ1n) is 7.18. The van der Waals surface area contributed by atoms with Gasteiger partial charge in [-0.25, -0.2) is 4.79 Å². The molecule has 0 radical (unpaired) electrons. The van der Waals surface area contributed by atoms with Crippen LogP contribution in [0.1, 0.15) is 21.5 Å². The maximum Gasteiger partial charge on any atom is 0.342 e. The molecule has 0 unspecified atom stereocenters. The standard InChI is InChI=1S/C16H15N3O5/c1-17-14-7-13(16(21)22)15(19(23)24)6-11(14)8-18(17)12-4-2-10(9-20)3-5-12/h2-7,20H,8-9H2,1H3,(H,21,22). The number of nitro benzene ring substituents is 1. The van der Waals surface area contributed by atoms with Gasteiger partial charge in [-0.3, -0.25) is 20.1 Å². The van der Waals surface area contributed by atoms with Crippen LogP contribution in [-0.2, 0) is 13.2 Å². The average Bonchev–Trinajstić information content (AvgIpc) is 2.90. The second kappa shape index (κ2) is 5.82. The summed E-state index contributed by atoms with van der Waals surface area (Å²) >= 11 is 0. The van der Waals surface area contributed by atoms with Gasteiger partial charge >= 0.3 is 5.97 Å². The van der Waals surface area contributed by atoms with Crippen LogP contribution in [0, 0.1) is 10.1 Å². The van der Waals surface area contributed by atoms with E-state index in [0.29, 0.717) is 17.8 Å². The number of aromatic carboxylic acids is 1. The van der Waals surface area contributed by atoms with Crippen LogP contribution in [0.2, 0.25) is 0 Å². The molecule has 0 aliphatic carbocycles. The zero-order chi connectivity index (χ0) is 17.4. The van der Waals surface area contributed by atoms with Crippen LogP contribution in [0.25, 0.3) is 0 Å². The molecule has 8 nitrogen and oxygen atoms in total. The molecule has 0 amide bonds. The van der Waals surface area contributed by atoms with E-state index in [-0.39, 0.29) is 12.2 Å². The number of hydrazine groups is 1. The maximum absolute atomic E-state index is 11.3. The van der Waals surface area contributed by atoms with Gasteiger partial charge in [-0.1, -0.05) is 12.1 Å². The number of anilines is 2. The Labute approximate surface area is 137 Å². The van der Waals surface area contributed by atoms with Gasteiger partial charge in [-0.2, -0.15) is 0 Å². The van der Waals surface area contributed by atoms with Crippen molar-refractivity contribution in [3.8, 4) is 0 Å². The van der Waals surface area contributed by atoms with Crippen molar-refractivity contribution >= 4 is 23.0 Å². The number of fused-ring (bicyclic) bond motifs is 1. The van der Waals surface area contributed by atoms with Crippen LogP contribution in [0.15, 0.2) is 36.4 Å². The number of carbonyl (C=O) groups is 1. The van der Waals surface area contributed by atoms with Crippen molar-refractivity contribution in [2.24, 2.45) is 0 Å². The highest BCUT2D eigenvalue weighted by molar-refractivity contribution is 5.94. The largest absolute Gasteiger partial charge is 0.477 e. The summed E-state index contributed by atoms with van der Waals surface area (Å²) in [5, 5.41) is 33.1. The van der Waals surface area contributed by atoms with Crippen LogP contribution in [0.5, 0.6) is 0 Å². The first kappa shape index (κ1) is 15.8.